The summed E-state index contributed by atoms with van der Waals surface area (Å²) < 4.78 is 0. The number of hydrogen-bond acceptors (Lipinski definition) is 3. The van der Waals surface area contributed by atoms with Crippen LogP contribution in [0.1, 0.15) is 33.1 Å². The molecule has 0 aliphatic carbocycles. The summed E-state index contributed by atoms with van der Waals surface area (Å²) in [6.07, 6.45) is 4.33. The summed E-state index contributed by atoms with van der Waals surface area (Å²) in [4.78, 5) is 11.3. The zero-order chi connectivity index (χ0) is 11.7. The number of carbonyl (C=O) groups is 1. The van der Waals surface area contributed by atoms with E-state index in [9.17, 15) is 4.79 Å². The minimum atomic E-state index is 0.0811. The summed E-state index contributed by atoms with van der Waals surface area (Å²) >= 11 is 1.68. The van der Waals surface area contributed by atoms with Crippen LogP contribution in [0.25, 0.3) is 0 Å². The SMILES string of the molecule is CSCCC(=O)NCC(C)(C)CCCO. The van der Waals surface area contributed by atoms with Gasteiger partial charge in [0.2, 0.25) is 5.91 Å². The number of aliphatic hydroxyl groups excluding tert-OH is 1. The van der Waals surface area contributed by atoms with Crippen LogP contribution in [-0.2, 0) is 4.79 Å². The van der Waals surface area contributed by atoms with Gasteiger partial charge in [-0.25, -0.2) is 0 Å². The molecule has 15 heavy (non-hydrogen) atoms. The monoisotopic (exact) mass is 233 g/mol. The van der Waals surface area contributed by atoms with Gasteiger partial charge < -0.3 is 10.4 Å². The number of thioether (sulfide) groups is 1. The van der Waals surface area contributed by atoms with Gasteiger partial charge in [0.25, 0.3) is 0 Å². The third kappa shape index (κ3) is 8.75. The van der Waals surface area contributed by atoms with E-state index in [-0.39, 0.29) is 17.9 Å². The number of rotatable bonds is 8. The van der Waals surface area contributed by atoms with Crippen molar-refractivity contribution in [2.45, 2.75) is 33.1 Å². The van der Waals surface area contributed by atoms with Gasteiger partial charge in [0, 0.05) is 25.3 Å². The molecule has 0 aliphatic rings. The van der Waals surface area contributed by atoms with E-state index in [1.165, 1.54) is 0 Å². The molecule has 0 aromatic heterocycles. The van der Waals surface area contributed by atoms with Crippen molar-refractivity contribution in [2.24, 2.45) is 5.41 Å². The van der Waals surface area contributed by atoms with Crippen LogP contribution in [0.2, 0.25) is 0 Å². The van der Waals surface area contributed by atoms with Crippen LogP contribution in [0, 0.1) is 5.41 Å². The molecular formula is C11H23NO2S. The number of hydrogen-bond donors (Lipinski definition) is 2. The molecule has 0 saturated carbocycles. The summed E-state index contributed by atoms with van der Waals surface area (Å²) in [6.45, 7) is 5.14. The molecule has 0 spiro atoms. The number of nitrogens with one attached hydrogen (secondary N) is 1. The Labute approximate surface area is 97.0 Å². The molecule has 0 atom stereocenters. The van der Waals surface area contributed by atoms with Crippen LogP contribution in [0.3, 0.4) is 0 Å². The Hall–Kier alpha value is -0.220. The zero-order valence-electron chi connectivity index (χ0n) is 10.0. The third-order valence-electron chi connectivity index (χ3n) is 2.31. The van der Waals surface area contributed by atoms with Crippen molar-refractivity contribution in [1.29, 1.82) is 0 Å². The highest BCUT2D eigenvalue weighted by Gasteiger charge is 2.17. The Balaban J connectivity index is 3.67. The molecule has 3 nitrogen and oxygen atoms in total. The predicted octanol–water partition coefficient (Wildman–Crippen LogP) is 1.65. The Kier molecular flexibility index (Phi) is 7.88. The smallest absolute Gasteiger partial charge is 0.220 e. The summed E-state index contributed by atoms with van der Waals surface area (Å²) in [5, 5.41) is 11.7. The van der Waals surface area contributed by atoms with E-state index in [0.717, 1.165) is 18.6 Å². The molecule has 0 heterocycles. The molecule has 0 rings (SSSR count). The molecule has 4 heteroatoms. The van der Waals surface area contributed by atoms with Gasteiger partial charge in [-0.2, -0.15) is 11.8 Å². The van der Waals surface area contributed by atoms with Gasteiger partial charge in [0.05, 0.1) is 0 Å². The number of carbonyl (C=O) groups excluding carboxylic acids is 1. The van der Waals surface area contributed by atoms with E-state index in [2.05, 4.69) is 19.2 Å². The fourth-order valence-corrected chi connectivity index (χ4v) is 1.66. The van der Waals surface area contributed by atoms with Crippen LogP contribution in [0.15, 0.2) is 0 Å². The molecule has 0 aromatic carbocycles. The molecule has 0 fully saturated rings. The maximum atomic E-state index is 11.3. The molecule has 0 radical (unpaired) electrons. The average molecular weight is 233 g/mol. The summed E-state index contributed by atoms with van der Waals surface area (Å²) in [6, 6.07) is 0. The van der Waals surface area contributed by atoms with Crippen molar-refractivity contribution >= 4 is 17.7 Å². The van der Waals surface area contributed by atoms with Crippen LogP contribution in [0.4, 0.5) is 0 Å². The summed E-state index contributed by atoms with van der Waals surface area (Å²) in [7, 11) is 0. The number of aliphatic hydroxyl groups is 1. The van der Waals surface area contributed by atoms with Crippen LogP contribution >= 0.6 is 11.8 Å². The lowest BCUT2D eigenvalue weighted by atomic mass is 9.88. The van der Waals surface area contributed by atoms with Crippen molar-refractivity contribution < 1.29 is 9.90 Å². The van der Waals surface area contributed by atoms with Crippen molar-refractivity contribution in [3.05, 3.63) is 0 Å². The first-order chi connectivity index (χ1) is 7.02. The first-order valence-corrected chi connectivity index (χ1v) is 6.78. The third-order valence-corrected chi connectivity index (χ3v) is 2.92. The van der Waals surface area contributed by atoms with Crippen molar-refractivity contribution in [1.82, 2.24) is 5.32 Å². The lowest BCUT2D eigenvalue weighted by Gasteiger charge is -2.24. The largest absolute Gasteiger partial charge is 0.396 e. The van der Waals surface area contributed by atoms with E-state index >= 15 is 0 Å². The second-order valence-electron chi connectivity index (χ2n) is 4.51. The van der Waals surface area contributed by atoms with Crippen LogP contribution in [-0.4, -0.2) is 36.2 Å². The lowest BCUT2D eigenvalue weighted by Crippen LogP contribution is -2.34. The maximum absolute atomic E-state index is 11.3. The Morgan fingerprint density at radius 3 is 2.67 bits per heavy atom. The number of amides is 1. The van der Waals surface area contributed by atoms with Crippen LogP contribution in [0.5, 0.6) is 0 Å². The Morgan fingerprint density at radius 2 is 2.13 bits per heavy atom. The first-order valence-electron chi connectivity index (χ1n) is 5.38. The van der Waals surface area contributed by atoms with Gasteiger partial charge in [-0.1, -0.05) is 13.8 Å². The molecule has 1 amide bonds. The molecular weight excluding hydrogens is 210 g/mol. The van der Waals surface area contributed by atoms with E-state index in [1.54, 1.807) is 11.8 Å². The van der Waals surface area contributed by atoms with Gasteiger partial charge in [-0.15, -0.1) is 0 Å². The minimum Gasteiger partial charge on any atom is -0.396 e. The standard InChI is InChI=1S/C11H23NO2S/c1-11(2,6-4-7-13)9-12-10(14)5-8-15-3/h13H,4-9H2,1-3H3,(H,12,14). The van der Waals surface area contributed by atoms with Crippen molar-refractivity contribution in [3.8, 4) is 0 Å². The van der Waals surface area contributed by atoms with E-state index in [4.69, 9.17) is 5.11 Å². The second kappa shape index (κ2) is 7.99. The fourth-order valence-electron chi connectivity index (χ4n) is 1.27. The van der Waals surface area contributed by atoms with Gasteiger partial charge >= 0.3 is 0 Å². The van der Waals surface area contributed by atoms with Gasteiger partial charge in [-0.05, 0) is 24.5 Å². The van der Waals surface area contributed by atoms with Crippen molar-refractivity contribution in [3.63, 3.8) is 0 Å². The normalized spacial score (nSPS) is 11.5. The Morgan fingerprint density at radius 1 is 1.47 bits per heavy atom. The molecule has 90 valence electrons. The molecule has 2 N–H and O–H groups in total. The average Bonchev–Trinajstić information content (AvgIpc) is 2.21. The molecule has 0 bridgehead atoms. The van der Waals surface area contributed by atoms with Gasteiger partial charge in [0.1, 0.15) is 0 Å². The molecule has 0 aliphatic heterocycles. The summed E-state index contributed by atoms with van der Waals surface area (Å²) in [5.74, 6) is 1.00. The van der Waals surface area contributed by atoms with Crippen molar-refractivity contribution in [2.75, 3.05) is 25.2 Å². The predicted molar refractivity (Wildman–Crippen MR) is 66.1 cm³/mol. The molecule has 0 unspecified atom stereocenters. The fraction of sp³-hybridized carbons (Fsp3) is 0.909. The minimum absolute atomic E-state index is 0.0811. The van der Waals surface area contributed by atoms with E-state index in [0.29, 0.717) is 13.0 Å². The van der Waals surface area contributed by atoms with E-state index in [1.807, 2.05) is 6.26 Å². The van der Waals surface area contributed by atoms with Crippen LogP contribution < -0.4 is 5.32 Å². The second-order valence-corrected chi connectivity index (χ2v) is 5.50. The van der Waals surface area contributed by atoms with Gasteiger partial charge in [0.15, 0.2) is 0 Å². The maximum Gasteiger partial charge on any atom is 0.220 e. The Bertz CT molecular complexity index is 183. The lowest BCUT2D eigenvalue weighted by molar-refractivity contribution is -0.121. The zero-order valence-corrected chi connectivity index (χ0v) is 10.8. The summed E-state index contributed by atoms with van der Waals surface area (Å²) in [5.41, 5.74) is 0.0811. The topological polar surface area (TPSA) is 49.3 Å². The highest BCUT2D eigenvalue weighted by Crippen LogP contribution is 2.20. The van der Waals surface area contributed by atoms with Gasteiger partial charge in [-0.3, -0.25) is 4.79 Å². The first kappa shape index (κ1) is 14.8. The highest BCUT2D eigenvalue weighted by molar-refractivity contribution is 7.98. The van der Waals surface area contributed by atoms with E-state index < -0.39 is 0 Å². The highest BCUT2D eigenvalue weighted by atomic mass is 32.2. The molecule has 0 aromatic rings. The quantitative estimate of drug-likeness (QED) is 0.670. The molecule has 0 saturated heterocycles.